The van der Waals surface area contributed by atoms with Crippen LogP contribution in [0.5, 0.6) is 0 Å². The molecule has 28 heavy (non-hydrogen) atoms. The van der Waals surface area contributed by atoms with Gasteiger partial charge in [0.25, 0.3) is 0 Å². The Hall–Kier alpha value is -2.67. The highest BCUT2D eigenvalue weighted by Crippen LogP contribution is 2.29. The zero-order valence-corrected chi connectivity index (χ0v) is 16.4. The van der Waals surface area contributed by atoms with Gasteiger partial charge in [0.15, 0.2) is 0 Å². The number of likely N-dealkylation sites (tertiary alicyclic amines) is 1. The number of hydrogen-bond acceptors (Lipinski definition) is 6. The zero-order valence-electron chi connectivity index (χ0n) is 16.4. The zero-order chi connectivity index (χ0) is 20.5. The van der Waals surface area contributed by atoms with Crippen LogP contribution in [0, 0.1) is 0 Å². The second-order valence-electron chi connectivity index (χ2n) is 8.23. The van der Waals surface area contributed by atoms with Crippen molar-refractivity contribution in [2.75, 3.05) is 19.7 Å². The van der Waals surface area contributed by atoms with Gasteiger partial charge in [0.1, 0.15) is 23.6 Å². The van der Waals surface area contributed by atoms with Crippen molar-refractivity contribution in [2.45, 2.75) is 44.8 Å². The standard InChI is InChI=1S/C21H25NO6/c1-20(2,3)28-19(25)22-10-8-21(26,9-11-22)13-27-17-12-16(23)18(24)15-7-5-4-6-14(15)17/h4-7,12,26H,8-11,13H2,1-3H3. The Morgan fingerprint density at radius 1 is 1.14 bits per heavy atom. The monoisotopic (exact) mass is 387 g/mol. The summed E-state index contributed by atoms with van der Waals surface area (Å²) in [5.74, 6) is -0.920. The molecule has 7 nitrogen and oxygen atoms in total. The molecule has 1 aliphatic carbocycles. The molecule has 1 heterocycles. The average molecular weight is 387 g/mol. The van der Waals surface area contributed by atoms with E-state index in [9.17, 15) is 19.5 Å². The molecule has 1 aromatic rings. The minimum Gasteiger partial charge on any atom is -0.490 e. The van der Waals surface area contributed by atoms with Crippen molar-refractivity contribution < 1.29 is 29.0 Å². The lowest BCUT2D eigenvalue weighted by Gasteiger charge is -2.38. The predicted octanol–water partition coefficient (Wildman–Crippen LogP) is 2.57. The molecule has 0 atom stereocenters. The van der Waals surface area contributed by atoms with Crippen LogP contribution in [0.3, 0.4) is 0 Å². The van der Waals surface area contributed by atoms with Gasteiger partial charge in [-0.25, -0.2) is 4.79 Å². The second kappa shape index (κ2) is 7.39. The Balaban J connectivity index is 1.61. The first-order valence-electron chi connectivity index (χ1n) is 9.31. The number of benzene rings is 1. The van der Waals surface area contributed by atoms with Gasteiger partial charge in [0.05, 0.1) is 0 Å². The number of hydrogen-bond donors (Lipinski definition) is 1. The minimum absolute atomic E-state index is 0.0310. The first-order valence-corrected chi connectivity index (χ1v) is 9.31. The quantitative estimate of drug-likeness (QED) is 0.802. The lowest BCUT2D eigenvalue weighted by molar-refractivity contribution is -0.111. The molecule has 0 radical (unpaired) electrons. The summed E-state index contributed by atoms with van der Waals surface area (Å²) >= 11 is 0. The maximum atomic E-state index is 12.1. The van der Waals surface area contributed by atoms with Crippen molar-refractivity contribution >= 4 is 23.4 Å². The van der Waals surface area contributed by atoms with Crippen molar-refractivity contribution in [3.63, 3.8) is 0 Å². The van der Waals surface area contributed by atoms with Gasteiger partial charge in [0.2, 0.25) is 11.6 Å². The summed E-state index contributed by atoms with van der Waals surface area (Å²) in [6, 6.07) is 6.74. The smallest absolute Gasteiger partial charge is 0.410 e. The highest BCUT2D eigenvalue weighted by Gasteiger charge is 2.37. The summed E-state index contributed by atoms with van der Waals surface area (Å²) in [5, 5.41) is 10.8. The van der Waals surface area contributed by atoms with Crippen molar-refractivity contribution in [1.82, 2.24) is 4.90 Å². The number of aliphatic hydroxyl groups is 1. The number of ketones is 2. The third-order valence-electron chi connectivity index (χ3n) is 4.77. The van der Waals surface area contributed by atoms with E-state index >= 15 is 0 Å². The van der Waals surface area contributed by atoms with Gasteiger partial charge in [-0.15, -0.1) is 0 Å². The Labute approximate surface area is 163 Å². The maximum Gasteiger partial charge on any atom is 0.410 e. The van der Waals surface area contributed by atoms with Crippen molar-refractivity contribution in [2.24, 2.45) is 0 Å². The number of Topliss-reactive ketones (excluding diaryl/α,β-unsaturated/α-hetero) is 1. The van der Waals surface area contributed by atoms with Gasteiger partial charge >= 0.3 is 6.09 Å². The molecular formula is C21H25NO6. The topological polar surface area (TPSA) is 93.1 Å². The summed E-state index contributed by atoms with van der Waals surface area (Å²) in [6.07, 6.45) is 1.43. The largest absolute Gasteiger partial charge is 0.490 e. The van der Waals surface area contributed by atoms with Crippen LogP contribution in [-0.2, 0) is 14.3 Å². The molecule has 1 aromatic carbocycles. The van der Waals surface area contributed by atoms with Gasteiger partial charge in [-0.1, -0.05) is 24.3 Å². The number of piperidine rings is 1. The number of carbonyl (C=O) groups is 3. The Bertz CT molecular complexity index is 828. The molecule has 0 bridgehead atoms. The fourth-order valence-electron chi connectivity index (χ4n) is 3.20. The Morgan fingerprint density at radius 2 is 1.75 bits per heavy atom. The molecule has 150 valence electrons. The van der Waals surface area contributed by atoms with E-state index in [4.69, 9.17) is 9.47 Å². The van der Waals surface area contributed by atoms with Crippen LogP contribution < -0.4 is 0 Å². The molecule has 0 unspecified atom stereocenters. The van der Waals surface area contributed by atoms with E-state index in [-0.39, 0.29) is 12.4 Å². The van der Waals surface area contributed by atoms with Crippen LogP contribution in [0.15, 0.2) is 30.3 Å². The Kier molecular flexibility index (Phi) is 5.30. The number of rotatable bonds is 3. The third kappa shape index (κ3) is 4.42. The maximum absolute atomic E-state index is 12.1. The predicted molar refractivity (Wildman–Crippen MR) is 102 cm³/mol. The lowest BCUT2D eigenvalue weighted by Crippen LogP contribution is -2.50. The lowest BCUT2D eigenvalue weighted by atomic mass is 9.91. The van der Waals surface area contributed by atoms with Crippen LogP contribution in [0.25, 0.3) is 5.76 Å². The highest BCUT2D eigenvalue weighted by molar-refractivity contribution is 6.50. The number of fused-ring (bicyclic) bond motifs is 1. The Morgan fingerprint density at radius 3 is 2.36 bits per heavy atom. The second-order valence-corrected chi connectivity index (χ2v) is 8.23. The number of allylic oxidation sites excluding steroid dienone is 1. The molecular weight excluding hydrogens is 362 g/mol. The first-order chi connectivity index (χ1) is 13.1. The first kappa shape index (κ1) is 20.1. The number of carbonyl (C=O) groups excluding carboxylic acids is 3. The van der Waals surface area contributed by atoms with E-state index in [2.05, 4.69) is 0 Å². The molecule has 1 fully saturated rings. The number of amides is 1. The summed E-state index contributed by atoms with van der Waals surface area (Å²) in [7, 11) is 0. The van der Waals surface area contributed by atoms with E-state index in [1.807, 2.05) is 0 Å². The van der Waals surface area contributed by atoms with Crippen LogP contribution in [-0.4, -0.2) is 58.6 Å². The van der Waals surface area contributed by atoms with Crippen LogP contribution >= 0.6 is 0 Å². The molecule has 1 N–H and O–H groups in total. The van der Waals surface area contributed by atoms with Gasteiger partial charge in [-0.05, 0) is 33.6 Å². The summed E-state index contributed by atoms with van der Waals surface area (Å²) < 4.78 is 11.1. The van der Waals surface area contributed by atoms with E-state index in [1.54, 1.807) is 49.9 Å². The molecule has 1 aliphatic heterocycles. The molecule has 3 rings (SSSR count). The minimum atomic E-state index is -1.13. The van der Waals surface area contributed by atoms with Crippen molar-refractivity contribution in [3.05, 3.63) is 41.5 Å². The van der Waals surface area contributed by atoms with Gasteiger partial charge in [-0.2, -0.15) is 0 Å². The van der Waals surface area contributed by atoms with Crippen molar-refractivity contribution in [1.29, 1.82) is 0 Å². The molecule has 0 saturated carbocycles. The molecule has 1 amide bonds. The number of nitrogens with zero attached hydrogens (tertiary/aromatic N) is 1. The van der Waals surface area contributed by atoms with E-state index in [1.165, 1.54) is 6.08 Å². The van der Waals surface area contributed by atoms with E-state index in [0.29, 0.717) is 37.1 Å². The van der Waals surface area contributed by atoms with Crippen LogP contribution in [0.2, 0.25) is 0 Å². The average Bonchev–Trinajstić information content (AvgIpc) is 2.63. The van der Waals surface area contributed by atoms with Gasteiger partial charge < -0.3 is 19.5 Å². The highest BCUT2D eigenvalue weighted by atomic mass is 16.6. The molecule has 1 saturated heterocycles. The summed E-state index contributed by atoms with van der Waals surface area (Å²) in [5.41, 5.74) is -0.851. The normalized spacial score (nSPS) is 19.0. The molecule has 0 aromatic heterocycles. The SMILES string of the molecule is CC(C)(C)OC(=O)N1CCC(O)(COC2=CC(=O)C(=O)c3ccccc32)CC1. The van der Waals surface area contributed by atoms with Gasteiger partial charge in [0, 0.05) is 30.3 Å². The third-order valence-corrected chi connectivity index (χ3v) is 4.77. The van der Waals surface area contributed by atoms with Crippen molar-refractivity contribution in [3.8, 4) is 0 Å². The van der Waals surface area contributed by atoms with E-state index in [0.717, 1.165) is 0 Å². The summed E-state index contributed by atoms with van der Waals surface area (Å²) in [4.78, 5) is 37.6. The molecule has 2 aliphatic rings. The van der Waals surface area contributed by atoms with Gasteiger partial charge in [-0.3, -0.25) is 9.59 Å². The molecule has 0 spiro atoms. The van der Waals surface area contributed by atoms with Crippen LogP contribution in [0.1, 0.15) is 49.5 Å². The van der Waals surface area contributed by atoms with Crippen LogP contribution in [0.4, 0.5) is 4.79 Å². The summed E-state index contributed by atoms with van der Waals surface area (Å²) in [6.45, 7) is 6.09. The fraction of sp³-hybridized carbons (Fsp3) is 0.476. The fourth-order valence-corrected chi connectivity index (χ4v) is 3.20. The van der Waals surface area contributed by atoms with E-state index < -0.39 is 28.9 Å². The molecule has 7 heteroatoms. The number of ether oxygens (including phenoxy) is 2.